The molecule has 5 nitrogen and oxygen atoms in total. The number of carbonyl (C=O) groups excluding carboxylic acids is 1. The first-order valence-electron chi connectivity index (χ1n) is 5.93. The van der Waals surface area contributed by atoms with E-state index >= 15 is 0 Å². The van der Waals surface area contributed by atoms with Crippen molar-refractivity contribution in [2.24, 2.45) is 0 Å². The van der Waals surface area contributed by atoms with Gasteiger partial charge in [-0.25, -0.2) is 9.59 Å². The molecule has 1 rings (SSSR count). The number of nitrogens with one attached hydrogen (secondary N) is 2. The third-order valence-electron chi connectivity index (χ3n) is 2.95. The number of carbonyl (C=O) groups is 2. The van der Waals surface area contributed by atoms with Crippen LogP contribution in [-0.4, -0.2) is 29.2 Å². The van der Waals surface area contributed by atoms with Gasteiger partial charge in [0.25, 0.3) is 0 Å². The lowest BCUT2D eigenvalue weighted by Gasteiger charge is -2.23. The van der Waals surface area contributed by atoms with Gasteiger partial charge in [-0.15, -0.1) is 0 Å². The molecule has 0 aliphatic heterocycles. The van der Waals surface area contributed by atoms with Crippen LogP contribution in [-0.2, 0) is 4.79 Å². The van der Waals surface area contributed by atoms with Crippen molar-refractivity contribution in [2.45, 2.75) is 57.5 Å². The molecule has 1 atom stereocenters. The first kappa shape index (κ1) is 12.8. The van der Waals surface area contributed by atoms with Crippen LogP contribution in [0.1, 0.15) is 45.4 Å². The van der Waals surface area contributed by atoms with Gasteiger partial charge in [0.1, 0.15) is 6.04 Å². The highest BCUT2D eigenvalue weighted by Gasteiger charge is 2.20. The third-order valence-corrected chi connectivity index (χ3v) is 2.95. The fourth-order valence-electron chi connectivity index (χ4n) is 1.97. The Balaban J connectivity index is 2.31. The van der Waals surface area contributed by atoms with E-state index in [0.29, 0.717) is 6.42 Å². The fraction of sp³-hybridized carbons (Fsp3) is 0.818. The van der Waals surface area contributed by atoms with Gasteiger partial charge in [-0.2, -0.15) is 0 Å². The minimum Gasteiger partial charge on any atom is -0.480 e. The van der Waals surface area contributed by atoms with Crippen LogP contribution in [0.5, 0.6) is 0 Å². The standard InChI is InChI=1S/C11H20N2O3/c1-2-9(10(14)15)13-11(16)12-8-6-4-3-5-7-8/h8-9H,2-7H2,1H3,(H,14,15)(H2,12,13,16)/t9-/m1/s1. The van der Waals surface area contributed by atoms with Crippen LogP contribution in [0.15, 0.2) is 0 Å². The van der Waals surface area contributed by atoms with Gasteiger partial charge in [0.05, 0.1) is 0 Å². The van der Waals surface area contributed by atoms with Crippen molar-refractivity contribution in [3.05, 3.63) is 0 Å². The summed E-state index contributed by atoms with van der Waals surface area (Å²) in [6, 6.07) is -0.940. The first-order chi connectivity index (χ1) is 7.63. The number of hydrogen-bond acceptors (Lipinski definition) is 2. The minimum atomic E-state index is -0.985. The molecule has 1 fully saturated rings. The molecule has 2 amide bonds. The number of carboxylic acid groups (broad SMARTS) is 1. The van der Waals surface area contributed by atoms with Crippen LogP contribution in [0.4, 0.5) is 4.79 Å². The number of urea groups is 1. The molecule has 0 unspecified atom stereocenters. The predicted molar refractivity (Wildman–Crippen MR) is 60.3 cm³/mol. The lowest BCUT2D eigenvalue weighted by molar-refractivity contribution is -0.139. The summed E-state index contributed by atoms with van der Waals surface area (Å²) in [5.74, 6) is -0.985. The Morgan fingerprint density at radius 2 is 1.94 bits per heavy atom. The summed E-state index contributed by atoms with van der Waals surface area (Å²) in [4.78, 5) is 22.2. The lowest BCUT2D eigenvalue weighted by atomic mass is 9.96. The molecule has 1 saturated carbocycles. The first-order valence-corrected chi connectivity index (χ1v) is 5.93. The number of carboxylic acids is 1. The second-order valence-corrected chi connectivity index (χ2v) is 4.25. The highest BCUT2D eigenvalue weighted by Crippen LogP contribution is 2.17. The molecule has 0 saturated heterocycles. The predicted octanol–water partition coefficient (Wildman–Crippen LogP) is 1.48. The zero-order valence-electron chi connectivity index (χ0n) is 9.66. The number of amides is 2. The quantitative estimate of drug-likeness (QED) is 0.682. The molecule has 0 aromatic rings. The molecule has 92 valence electrons. The summed E-state index contributed by atoms with van der Waals surface area (Å²) in [7, 11) is 0. The van der Waals surface area contributed by atoms with Crippen molar-refractivity contribution in [1.82, 2.24) is 10.6 Å². The Morgan fingerprint density at radius 3 is 2.44 bits per heavy atom. The van der Waals surface area contributed by atoms with Crippen molar-refractivity contribution in [3.8, 4) is 0 Å². The molecule has 16 heavy (non-hydrogen) atoms. The second kappa shape index (κ2) is 6.35. The van der Waals surface area contributed by atoms with E-state index in [1.54, 1.807) is 6.92 Å². The minimum absolute atomic E-state index is 0.208. The lowest BCUT2D eigenvalue weighted by Crippen LogP contribution is -2.49. The maximum Gasteiger partial charge on any atom is 0.326 e. The van der Waals surface area contributed by atoms with E-state index in [2.05, 4.69) is 10.6 Å². The van der Waals surface area contributed by atoms with Crippen LogP contribution >= 0.6 is 0 Å². The molecule has 0 bridgehead atoms. The van der Waals surface area contributed by atoms with Crippen molar-refractivity contribution >= 4 is 12.0 Å². The highest BCUT2D eigenvalue weighted by atomic mass is 16.4. The topological polar surface area (TPSA) is 78.4 Å². The molecule has 0 radical (unpaired) electrons. The van der Waals surface area contributed by atoms with E-state index in [1.807, 2.05) is 0 Å². The Hall–Kier alpha value is -1.26. The Labute approximate surface area is 95.6 Å². The summed E-state index contributed by atoms with van der Waals surface area (Å²) < 4.78 is 0. The fourth-order valence-corrected chi connectivity index (χ4v) is 1.97. The van der Waals surface area contributed by atoms with E-state index in [0.717, 1.165) is 25.7 Å². The average molecular weight is 228 g/mol. The largest absolute Gasteiger partial charge is 0.480 e. The molecule has 0 heterocycles. The molecule has 3 N–H and O–H groups in total. The van der Waals surface area contributed by atoms with E-state index in [1.165, 1.54) is 6.42 Å². The molecule has 1 aliphatic rings. The van der Waals surface area contributed by atoms with Crippen LogP contribution in [0.2, 0.25) is 0 Å². The Kier molecular flexibility index (Phi) is 5.08. The van der Waals surface area contributed by atoms with Crippen molar-refractivity contribution in [3.63, 3.8) is 0 Å². The number of aliphatic carboxylic acids is 1. The van der Waals surface area contributed by atoms with Crippen molar-refractivity contribution in [2.75, 3.05) is 0 Å². The molecule has 0 aromatic carbocycles. The third kappa shape index (κ3) is 4.08. The molecule has 0 spiro atoms. The second-order valence-electron chi connectivity index (χ2n) is 4.25. The summed E-state index contributed by atoms with van der Waals surface area (Å²) in [6.45, 7) is 1.74. The molecular weight excluding hydrogens is 208 g/mol. The summed E-state index contributed by atoms with van der Waals surface area (Å²) in [5.41, 5.74) is 0. The zero-order valence-corrected chi connectivity index (χ0v) is 9.66. The Morgan fingerprint density at radius 1 is 1.31 bits per heavy atom. The zero-order chi connectivity index (χ0) is 12.0. The van der Waals surface area contributed by atoms with Crippen LogP contribution in [0, 0.1) is 0 Å². The van der Waals surface area contributed by atoms with Gasteiger partial charge < -0.3 is 15.7 Å². The van der Waals surface area contributed by atoms with Gasteiger partial charge in [0.2, 0.25) is 0 Å². The Bertz CT molecular complexity index is 250. The van der Waals surface area contributed by atoms with Crippen LogP contribution in [0.3, 0.4) is 0 Å². The van der Waals surface area contributed by atoms with Gasteiger partial charge in [0.15, 0.2) is 0 Å². The average Bonchev–Trinajstić information content (AvgIpc) is 2.27. The van der Waals surface area contributed by atoms with Gasteiger partial charge >= 0.3 is 12.0 Å². The van der Waals surface area contributed by atoms with E-state index in [-0.39, 0.29) is 12.1 Å². The van der Waals surface area contributed by atoms with Gasteiger partial charge in [0, 0.05) is 6.04 Å². The molecule has 0 aromatic heterocycles. The van der Waals surface area contributed by atoms with Crippen molar-refractivity contribution in [1.29, 1.82) is 0 Å². The normalized spacial score (nSPS) is 18.8. The number of hydrogen-bond donors (Lipinski definition) is 3. The van der Waals surface area contributed by atoms with Crippen molar-refractivity contribution < 1.29 is 14.7 Å². The van der Waals surface area contributed by atoms with Crippen LogP contribution < -0.4 is 10.6 Å². The maximum atomic E-state index is 11.5. The SMILES string of the molecule is CC[C@@H](NC(=O)NC1CCCCC1)C(=O)O. The van der Waals surface area contributed by atoms with E-state index in [9.17, 15) is 9.59 Å². The van der Waals surface area contributed by atoms with Gasteiger partial charge in [-0.3, -0.25) is 0 Å². The van der Waals surface area contributed by atoms with E-state index < -0.39 is 12.0 Å². The maximum absolute atomic E-state index is 11.5. The van der Waals surface area contributed by atoms with Gasteiger partial charge in [-0.05, 0) is 19.3 Å². The summed E-state index contributed by atoms with van der Waals surface area (Å²) >= 11 is 0. The van der Waals surface area contributed by atoms with E-state index in [4.69, 9.17) is 5.11 Å². The summed E-state index contributed by atoms with van der Waals surface area (Å²) in [5, 5.41) is 14.1. The molecule has 1 aliphatic carbocycles. The molecule has 5 heteroatoms. The summed E-state index contributed by atoms with van der Waals surface area (Å²) in [6.07, 6.45) is 5.90. The smallest absolute Gasteiger partial charge is 0.326 e. The highest BCUT2D eigenvalue weighted by molar-refractivity contribution is 5.82. The monoisotopic (exact) mass is 228 g/mol. The van der Waals surface area contributed by atoms with Gasteiger partial charge in [-0.1, -0.05) is 26.2 Å². The number of rotatable bonds is 4. The molecular formula is C11H20N2O3. The van der Waals surface area contributed by atoms with Crippen LogP contribution in [0.25, 0.3) is 0 Å².